The number of aromatic nitrogens is 2. The highest BCUT2D eigenvalue weighted by Gasteiger charge is 2.16. The molecule has 2 heterocycles. The molecule has 31 heavy (non-hydrogen) atoms. The fourth-order valence-corrected chi connectivity index (χ4v) is 4.37. The van der Waals surface area contributed by atoms with Crippen molar-refractivity contribution in [1.29, 1.82) is 0 Å². The molecule has 1 amide bonds. The monoisotopic (exact) mass is 442 g/mol. The molecule has 0 saturated carbocycles. The number of amides is 1. The van der Waals surface area contributed by atoms with Crippen molar-refractivity contribution in [3.8, 4) is 22.2 Å². The van der Waals surface area contributed by atoms with Gasteiger partial charge in [0.15, 0.2) is 0 Å². The van der Waals surface area contributed by atoms with Gasteiger partial charge >= 0.3 is 0 Å². The van der Waals surface area contributed by atoms with Gasteiger partial charge in [0.05, 0.1) is 11.5 Å². The number of aryl methyl sites for hydroxylation is 1. The van der Waals surface area contributed by atoms with Crippen LogP contribution in [0, 0.1) is 6.92 Å². The molecule has 0 aliphatic rings. The minimum Gasteiger partial charge on any atom is -0.396 e. The van der Waals surface area contributed by atoms with Gasteiger partial charge in [0.1, 0.15) is 0 Å². The Bertz CT molecular complexity index is 977. The van der Waals surface area contributed by atoms with E-state index in [1.165, 1.54) is 10.4 Å². The standard InChI is InChI=1S/C23H30N4O3S/c1-4-27(5-2)15-20-16(3)14-19(31-20)23-25-22(26-30-23)18-8-6-17(7-9-18)10-12-24-21(29)11-13-28/h6-9,14,28H,4-5,10-13,15H2,1-3H3,(H,24,29). The molecule has 0 bridgehead atoms. The molecule has 3 aromatic rings. The second kappa shape index (κ2) is 11.2. The average molecular weight is 443 g/mol. The number of thiophene rings is 1. The third kappa shape index (κ3) is 6.22. The van der Waals surface area contributed by atoms with Crippen LogP contribution < -0.4 is 5.32 Å². The molecule has 0 fully saturated rings. The van der Waals surface area contributed by atoms with Crippen molar-refractivity contribution in [3.05, 3.63) is 46.3 Å². The Morgan fingerprint density at radius 2 is 1.97 bits per heavy atom. The van der Waals surface area contributed by atoms with E-state index in [4.69, 9.17) is 9.63 Å². The van der Waals surface area contributed by atoms with Gasteiger partial charge in [-0.2, -0.15) is 4.98 Å². The van der Waals surface area contributed by atoms with Crippen LogP contribution in [0.5, 0.6) is 0 Å². The van der Waals surface area contributed by atoms with E-state index < -0.39 is 0 Å². The van der Waals surface area contributed by atoms with Crippen LogP contribution in [-0.4, -0.2) is 52.3 Å². The number of aliphatic hydroxyl groups is 1. The van der Waals surface area contributed by atoms with Gasteiger partial charge in [-0.25, -0.2) is 0 Å². The number of aliphatic hydroxyl groups excluding tert-OH is 1. The lowest BCUT2D eigenvalue weighted by Crippen LogP contribution is -2.26. The molecule has 2 aromatic heterocycles. The van der Waals surface area contributed by atoms with Gasteiger partial charge in [0.25, 0.3) is 5.89 Å². The second-order valence-corrected chi connectivity index (χ2v) is 8.51. The molecular formula is C23H30N4O3S. The molecule has 0 saturated heterocycles. The van der Waals surface area contributed by atoms with Gasteiger partial charge in [0.2, 0.25) is 11.7 Å². The fraction of sp³-hybridized carbons (Fsp3) is 0.435. The van der Waals surface area contributed by atoms with Crippen molar-refractivity contribution in [2.45, 2.75) is 40.2 Å². The van der Waals surface area contributed by atoms with Crippen LogP contribution in [0.2, 0.25) is 0 Å². The van der Waals surface area contributed by atoms with E-state index in [1.807, 2.05) is 24.3 Å². The topological polar surface area (TPSA) is 91.5 Å². The molecule has 0 aliphatic heterocycles. The SMILES string of the molecule is CCN(CC)Cc1sc(-c2nc(-c3ccc(CCNC(=O)CCO)cc3)no2)cc1C. The number of hydrogen-bond acceptors (Lipinski definition) is 7. The Labute approximate surface area is 187 Å². The number of carbonyl (C=O) groups excluding carboxylic acids is 1. The molecule has 0 spiro atoms. The van der Waals surface area contributed by atoms with E-state index in [0.717, 1.165) is 42.1 Å². The molecule has 0 radical (unpaired) electrons. The van der Waals surface area contributed by atoms with Crippen molar-refractivity contribution in [1.82, 2.24) is 20.4 Å². The van der Waals surface area contributed by atoms with E-state index in [2.05, 4.69) is 47.2 Å². The molecular weight excluding hydrogens is 412 g/mol. The summed E-state index contributed by atoms with van der Waals surface area (Å²) in [6, 6.07) is 10.0. The smallest absolute Gasteiger partial charge is 0.268 e. The summed E-state index contributed by atoms with van der Waals surface area (Å²) in [6.45, 7) is 9.88. The number of hydrogen-bond donors (Lipinski definition) is 2. The minimum atomic E-state index is -0.137. The predicted octanol–water partition coefficient (Wildman–Crippen LogP) is 3.66. The average Bonchev–Trinajstić information content (AvgIpc) is 3.40. The van der Waals surface area contributed by atoms with Crippen molar-refractivity contribution < 1.29 is 14.4 Å². The summed E-state index contributed by atoms with van der Waals surface area (Å²) in [4.78, 5) is 20.7. The predicted molar refractivity (Wildman–Crippen MR) is 123 cm³/mol. The Morgan fingerprint density at radius 3 is 2.65 bits per heavy atom. The molecule has 7 nitrogen and oxygen atoms in total. The maximum Gasteiger partial charge on any atom is 0.268 e. The van der Waals surface area contributed by atoms with E-state index in [-0.39, 0.29) is 18.9 Å². The summed E-state index contributed by atoms with van der Waals surface area (Å²) in [5.41, 5.74) is 3.24. The lowest BCUT2D eigenvalue weighted by molar-refractivity contribution is -0.121. The summed E-state index contributed by atoms with van der Waals surface area (Å²) in [5, 5.41) is 15.7. The van der Waals surface area contributed by atoms with Gasteiger partial charge in [-0.1, -0.05) is 43.3 Å². The van der Waals surface area contributed by atoms with Crippen LogP contribution in [0.3, 0.4) is 0 Å². The van der Waals surface area contributed by atoms with Crippen LogP contribution >= 0.6 is 11.3 Å². The highest BCUT2D eigenvalue weighted by Crippen LogP contribution is 2.32. The largest absolute Gasteiger partial charge is 0.396 e. The van der Waals surface area contributed by atoms with Crippen molar-refractivity contribution in [3.63, 3.8) is 0 Å². The van der Waals surface area contributed by atoms with E-state index in [9.17, 15) is 4.79 Å². The highest BCUT2D eigenvalue weighted by molar-refractivity contribution is 7.15. The Morgan fingerprint density at radius 1 is 1.23 bits per heavy atom. The third-order valence-electron chi connectivity index (χ3n) is 5.21. The first-order valence-electron chi connectivity index (χ1n) is 10.7. The van der Waals surface area contributed by atoms with Crippen LogP contribution in [0.1, 0.15) is 36.3 Å². The van der Waals surface area contributed by atoms with Gasteiger partial charge in [-0.3, -0.25) is 9.69 Å². The molecule has 166 valence electrons. The number of benzene rings is 1. The number of nitrogens with one attached hydrogen (secondary N) is 1. The van der Waals surface area contributed by atoms with E-state index in [0.29, 0.717) is 18.3 Å². The molecule has 3 rings (SSSR count). The first-order valence-corrected chi connectivity index (χ1v) is 11.5. The molecule has 0 unspecified atom stereocenters. The maximum atomic E-state index is 11.4. The molecule has 1 aromatic carbocycles. The van der Waals surface area contributed by atoms with Gasteiger partial charge < -0.3 is 14.9 Å². The zero-order valence-electron chi connectivity index (χ0n) is 18.4. The zero-order valence-corrected chi connectivity index (χ0v) is 19.2. The van der Waals surface area contributed by atoms with E-state index in [1.54, 1.807) is 11.3 Å². The summed E-state index contributed by atoms with van der Waals surface area (Å²) < 4.78 is 5.54. The van der Waals surface area contributed by atoms with E-state index >= 15 is 0 Å². The lowest BCUT2D eigenvalue weighted by atomic mass is 10.1. The minimum absolute atomic E-state index is 0.129. The lowest BCUT2D eigenvalue weighted by Gasteiger charge is -2.17. The molecule has 2 N–H and O–H groups in total. The molecule has 8 heteroatoms. The normalized spacial score (nSPS) is 11.3. The van der Waals surface area contributed by atoms with Crippen molar-refractivity contribution >= 4 is 17.2 Å². The Kier molecular flexibility index (Phi) is 8.34. The fourth-order valence-electron chi connectivity index (χ4n) is 3.23. The third-order valence-corrected chi connectivity index (χ3v) is 6.42. The molecule has 0 atom stereocenters. The zero-order chi connectivity index (χ0) is 22.2. The van der Waals surface area contributed by atoms with Crippen molar-refractivity contribution in [2.24, 2.45) is 0 Å². The second-order valence-electron chi connectivity index (χ2n) is 7.37. The summed E-state index contributed by atoms with van der Waals surface area (Å²) in [6.07, 6.45) is 0.860. The highest BCUT2D eigenvalue weighted by atomic mass is 32.1. The van der Waals surface area contributed by atoms with Crippen LogP contribution in [-0.2, 0) is 17.8 Å². The Hall–Kier alpha value is -2.55. The van der Waals surface area contributed by atoms with Gasteiger partial charge in [-0.15, -0.1) is 11.3 Å². The van der Waals surface area contributed by atoms with Crippen LogP contribution in [0.15, 0.2) is 34.9 Å². The summed E-state index contributed by atoms with van der Waals surface area (Å²) in [5.74, 6) is 0.973. The summed E-state index contributed by atoms with van der Waals surface area (Å²) >= 11 is 1.71. The number of nitrogens with zero attached hydrogens (tertiary/aromatic N) is 3. The molecule has 0 aliphatic carbocycles. The van der Waals surface area contributed by atoms with Crippen LogP contribution in [0.25, 0.3) is 22.2 Å². The maximum absolute atomic E-state index is 11.4. The number of carbonyl (C=O) groups is 1. The van der Waals surface area contributed by atoms with Gasteiger partial charge in [-0.05, 0) is 43.6 Å². The Balaban J connectivity index is 1.64. The summed E-state index contributed by atoms with van der Waals surface area (Å²) in [7, 11) is 0. The first kappa shape index (κ1) is 23.1. The van der Waals surface area contributed by atoms with Gasteiger partial charge in [0, 0.05) is 30.0 Å². The van der Waals surface area contributed by atoms with Crippen molar-refractivity contribution in [2.75, 3.05) is 26.2 Å². The first-order chi connectivity index (χ1) is 15.0. The quantitative estimate of drug-likeness (QED) is 0.471. The number of rotatable bonds is 11. The van der Waals surface area contributed by atoms with Crippen LogP contribution in [0.4, 0.5) is 0 Å².